The van der Waals surface area contributed by atoms with Crippen LogP contribution in [0.3, 0.4) is 0 Å². The van der Waals surface area contributed by atoms with Crippen molar-refractivity contribution in [2.24, 2.45) is 0 Å². The van der Waals surface area contributed by atoms with E-state index in [1.54, 1.807) is 12.1 Å². The van der Waals surface area contributed by atoms with Crippen molar-refractivity contribution in [2.75, 3.05) is 0 Å². The van der Waals surface area contributed by atoms with Crippen molar-refractivity contribution in [2.45, 2.75) is 77.6 Å². The zero-order valence-corrected chi connectivity index (χ0v) is 47.7. The fourth-order valence-corrected chi connectivity index (χ4v) is 13.3. The molecule has 0 atom stereocenters. The molecule has 84 heavy (non-hydrogen) atoms. The minimum Gasteiger partial charge on any atom is -0.457 e. The fraction of sp³-hybridized carbons (Fsp3) is 0.154. The molecular formula is C78H64N5O+. The first-order valence-corrected chi connectivity index (χ1v) is 28.7. The van der Waals surface area contributed by atoms with Gasteiger partial charge in [0.1, 0.15) is 28.7 Å². The van der Waals surface area contributed by atoms with E-state index in [1.807, 2.05) is 137 Å². The molecule has 16 rings (SSSR count). The zero-order valence-electron chi connectivity index (χ0n) is 58.7. The number of hydrogen-bond acceptors (Lipinski definition) is 2. The Morgan fingerprint density at radius 1 is 0.488 bits per heavy atom. The minimum absolute atomic E-state index is 0.00939. The zero-order chi connectivity index (χ0) is 66.4. The largest absolute Gasteiger partial charge is 0.457 e. The van der Waals surface area contributed by atoms with Gasteiger partial charge in [-0.2, -0.15) is 9.13 Å². The molecule has 0 spiro atoms. The third kappa shape index (κ3) is 7.69. The minimum atomic E-state index is -0.621. The van der Waals surface area contributed by atoms with Gasteiger partial charge in [-0.05, 0) is 152 Å². The van der Waals surface area contributed by atoms with Gasteiger partial charge in [-0.3, -0.25) is 4.57 Å². The summed E-state index contributed by atoms with van der Waals surface area (Å²) in [4.78, 5) is 4.91. The van der Waals surface area contributed by atoms with Gasteiger partial charge in [0.25, 0.3) is 6.33 Å². The Bertz CT molecular complexity index is 5680. The molecule has 2 aliphatic rings. The first-order valence-electron chi connectivity index (χ1n) is 34.2. The van der Waals surface area contributed by atoms with Crippen LogP contribution < -0.4 is 9.30 Å². The van der Waals surface area contributed by atoms with Crippen LogP contribution in [0.15, 0.2) is 237 Å². The second-order valence-corrected chi connectivity index (χ2v) is 24.8. The van der Waals surface area contributed by atoms with Gasteiger partial charge in [0.05, 0.1) is 37.1 Å². The molecule has 0 amide bonds. The molecule has 10 aromatic carbocycles. The summed E-state index contributed by atoms with van der Waals surface area (Å²) >= 11 is 0. The molecule has 0 unspecified atom stereocenters. The van der Waals surface area contributed by atoms with E-state index in [1.165, 1.54) is 0 Å². The van der Waals surface area contributed by atoms with E-state index < -0.39 is 59.2 Å². The highest BCUT2D eigenvalue weighted by Crippen LogP contribution is 2.50. The van der Waals surface area contributed by atoms with Crippen molar-refractivity contribution in [3.63, 3.8) is 0 Å². The topological polar surface area (TPSA) is 40.8 Å². The number of aromatic nitrogens is 5. The lowest BCUT2D eigenvalue weighted by Crippen LogP contribution is -2.34. The number of pyridine rings is 1. The molecular weight excluding hydrogens is 1020 g/mol. The van der Waals surface area contributed by atoms with Crippen molar-refractivity contribution in [3.8, 4) is 78.9 Å². The fourth-order valence-electron chi connectivity index (χ4n) is 13.3. The Morgan fingerprint density at radius 2 is 1.06 bits per heavy atom. The average Bonchev–Trinajstić information content (AvgIpc) is 1.66. The number of hydrogen-bond donors (Lipinski definition) is 0. The Kier molecular flexibility index (Phi) is 8.66. The normalized spacial score (nSPS) is 16.1. The molecule has 1 aliphatic carbocycles. The van der Waals surface area contributed by atoms with Crippen molar-refractivity contribution in [1.29, 1.82) is 0 Å². The van der Waals surface area contributed by atoms with Crippen molar-refractivity contribution in [3.05, 3.63) is 253 Å². The molecule has 0 bridgehead atoms. The number of imidazole rings is 1. The van der Waals surface area contributed by atoms with Gasteiger partial charge in [0.2, 0.25) is 0 Å². The SMILES string of the molecule is [2H]c1c([2H])c([2H])c2c(c1[2H])-c1cc(-n3c4ccccc4c4ccccc43)cc(-c3c([2H])c([2H])c4c(c3[2H])C(C)(C)CCC4(C)C)c1-[n+]1cn(-c3cccc(Oc4ccc5c6ccccc6n(-c6cc(C(C)(C)C)ccn6)c5c4)c3)c3cccc(c31)-c1c([2H])c([2H])c([2H])c([2H])c1-2. The Labute approximate surface area is 505 Å². The number of benzene rings is 10. The summed E-state index contributed by atoms with van der Waals surface area (Å²) in [6.45, 7) is 14.9. The standard InChI is InChI=1S/C78H64N5O/c1-76(2,3)50-38-41-79-73(43-50)83-70-32-17-14-28-61(70)62-36-35-54(47-72(62)83)84-53-21-18-20-51(44-53)80-48-81-74-64(49-34-37-66-67(42-49)78(6,7)40-39-77(66,4)5)45-52(82-68-30-15-12-26-59(68)60-27-13-16-31-69(60)82)46-65(74)58-25-11-9-23-56(58)55-22-8-10-24-57(55)63-29-19-33-71(80)75(63)81/h8-38,41-48H,39-40H2,1-7H3/q+1/i8D,9D,10D,11D,22D,23D,24D,25D,34D,37D,42D. The van der Waals surface area contributed by atoms with Crippen LogP contribution >= 0.6 is 0 Å². The van der Waals surface area contributed by atoms with Crippen LogP contribution in [-0.4, -0.2) is 18.7 Å². The lowest BCUT2D eigenvalue weighted by Gasteiger charge is -2.42. The highest BCUT2D eigenvalue weighted by atomic mass is 16.5. The molecule has 0 saturated heterocycles. The maximum atomic E-state index is 10.7. The third-order valence-electron chi connectivity index (χ3n) is 17.7. The summed E-state index contributed by atoms with van der Waals surface area (Å²) in [5.74, 6) is 1.84. The number of nitrogens with zero attached hydrogens (tertiary/aromatic N) is 5. The monoisotopic (exact) mass is 1100 g/mol. The predicted molar refractivity (Wildman–Crippen MR) is 347 cm³/mol. The maximum Gasteiger partial charge on any atom is 0.255 e. The summed E-state index contributed by atoms with van der Waals surface area (Å²) < 4.78 is 124. The van der Waals surface area contributed by atoms with Crippen LogP contribution in [0.25, 0.3) is 122 Å². The van der Waals surface area contributed by atoms with Gasteiger partial charge < -0.3 is 9.30 Å². The molecule has 0 saturated carbocycles. The number of fused-ring (bicyclic) bond motifs is 14. The summed E-state index contributed by atoms with van der Waals surface area (Å²) in [6, 6.07) is 47.0. The van der Waals surface area contributed by atoms with E-state index in [0.717, 1.165) is 61.4 Å². The van der Waals surface area contributed by atoms with Crippen molar-refractivity contribution >= 4 is 54.6 Å². The van der Waals surface area contributed by atoms with Crippen LogP contribution in [0.1, 0.15) is 93.1 Å². The Hall–Kier alpha value is -9.78. The van der Waals surface area contributed by atoms with E-state index in [4.69, 9.17) is 9.72 Å². The van der Waals surface area contributed by atoms with Gasteiger partial charge >= 0.3 is 0 Å². The van der Waals surface area contributed by atoms with E-state index >= 15 is 0 Å². The van der Waals surface area contributed by atoms with Crippen LogP contribution in [-0.2, 0) is 16.2 Å². The average molecular weight is 1100 g/mol. The predicted octanol–water partition coefficient (Wildman–Crippen LogP) is 19.9. The van der Waals surface area contributed by atoms with Crippen molar-refractivity contribution in [1.82, 2.24) is 18.7 Å². The third-order valence-corrected chi connectivity index (χ3v) is 17.7. The second kappa shape index (κ2) is 18.4. The Morgan fingerprint density at radius 3 is 1.74 bits per heavy atom. The van der Waals surface area contributed by atoms with Gasteiger partial charge in [0, 0.05) is 62.3 Å². The molecule has 14 aromatic rings. The van der Waals surface area contributed by atoms with Gasteiger partial charge in [-0.1, -0.05) is 182 Å². The molecule has 0 radical (unpaired) electrons. The lowest BCUT2D eigenvalue weighted by atomic mass is 9.63. The Balaban J connectivity index is 1.03. The van der Waals surface area contributed by atoms with E-state index in [9.17, 15) is 15.1 Å². The molecule has 6 heteroatoms. The van der Waals surface area contributed by atoms with Gasteiger partial charge in [0.15, 0.2) is 11.0 Å². The summed E-state index contributed by atoms with van der Waals surface area (Å²) in [5.41, 5.74) is 7.68. The molecule has 406 valence electrons. The molecule has 0 N–H and O–H groups in total. The quantitative estimate of drug-likeness (QED) is 0.156. The molecule has 1 aliphatic heterocycles. The van der Waals surface area contributed by atoms with Crippen LogP contribution in [0.5, 0.6) is 11.5 Å². The summed E-state index contributed by atoms with van der Waals surface area (Å²) in [6.07, 6.45) is 5.15. The molecule has 6 nitrogen and oxygen atoms in total. The first-order chi connectivity index (χ1) is 45.4. The van der Waals surface area contributed by atoms with Crippen LogP contribution in [0, 0.1) is 0 Å². The van der Waals surface area contributed by atoms with Crippen LogP contribution in [0.4, 0.5) is 0 Å². The second-order valence-electron chi connectivity index (χ2n) is 24.8. The molecule has 4 aromatic heterocycles. The van der Waals surface area contributed by atoms with E-state index in [-0.39, 0.29) is 62.6 Å². The number of ether oxygens (including phenoxy) is 1. The van der Waals surface area contributed by atoms with E-state index in [0.29, 0.717) is 62.6 Å². The number of rotatable bonds is 6. The first kappa shape index (κ1) is 39.6. The van der Waals surface area contributed by atoms with Gasteiger partial charge in [-0.25, -0.2) is 4.98 Å². The lowest BCUT2D eigenvalue weighted by molar-refractivity contribution is -0.566. The molecule has 5 heterocycles. The smallest absolute Gasteiger partial charge is 0.255 e. The van der Waals surface area contributed by atoms with E-state index in [2.05, 4.69) is 87.9 Å². The number of para-hydroxylation sites is 4. The van der Waals surface area contributed by atoms with Gasteiger partial charge in [-0.15, -0.1) is 0 Å². The summed E-state index contributed by atoms with van der Waals surface area (Å²) in [7, 11) is 0. The van der Waals surface area contributed by atoms with Crippen molar-refractivity contribution < 1.29 is 24.4 Å². The maximum absolute atomic E-state index is 10.7. The summed E-state index contributed by atoms with van der Waals surface area (Å²) in [5, 5.41) is 3.97. The highest BCUT2D eigenvalue weighted by Gasteiger charge is 2.38. The molecule has 0 fully saturated rings. The highest BCUT2D eigenvalue weighted by molar-refractivity contribution is 6.11. The van der Waals surface area contributed by atoms with Crippen LogP contribution in [0.2, 0.25) is 0 Å².